The number of nitrogens with two attached hydrogens (primary N) is 1. The highest BCUT2D eigenvalue weighted by Crippen LogP contribution is 2.28. The SMILES string of the molecule is NC1CCOCC1c1nc(C2CCOCC2)no1. The summed E-state index contributed by atoms with van der Waals surface area (Å²) < 4.78 is 16.1. The predicted octanol–water partition coefficient (Wildman–Crippen LogP) is 0.795. The number of ether oxygens (including phenoxy) is 2. The molecule has 100 valence electrons. The van der Waals surface area contributed by atoms with Crippen LogP contribution in [0.2, 0.25) is 0 Å². The smallest absolute Gasteiger partial charge is 0.233 e. The Kier molecular flexibility index (Phi) is 3.58. The van der Waals surface area contributed by atoms with Crippen LogP contribution in [0.4, 0.5) is 0 Å². The van der Waals surface area contributed by atoms with Crippen LogP contribution >= 0.6 is 0 Å². The summed E-state index contributed by atoms with van der Waals surface area (Å²) in [5, 5.41) is 4.10. The standard InChI is InChI=1S/C12H19N3O3/c13-10-3-6-17-7-9(10)12-14-11(15-18-12)8-1-4-16-5-2-8/h8-10H,1-7,13H2. The van der Waals surface area contributed by atoms with Crippen molar-refractivity contribution in [1.29, 1.82) is 0 Å². The van der Waals surface area contributed by atoms with Crippen LogP contribution in [0.1, 0.15) is 42.8 Å². The van der Waals surface area contributed by atoms with E-state index in [0.717, 1.165) is 44.9 Å². The van der Waals surface area contributed by atoms with Crippen molar-refractivity contribution < 1.29 is 14.0 Å². The van der Waals surface area contributed by atoms with E-state index in [0.29, 0.717) is 18.4 Å². The lowest BCUT2D eigenvalue weighted by Crippen LogP contribution is -2.37. The van der Waals surface area contributed by atoms with Gasteiger partial charge in [0, 0.05) is 31.8 Å². The maximum Gasteiger partial charge on any atom is 0.233 e. The van der Waals surface area contributed by atoms with Gasteiger partial charge in [0.25, 0.3) is 0 Å². The fraction of sp³-hybridized carbons (Fsp3) is 0.833. The van der Waals surface area contributed by atoms with E-state index in [4.69, 9.17) is 19.7 Å². The zero-order chi connectivity index (χ0) is 12.4. The second kappa shape index (κ2) is 5.34. The molecule has 2 fully saturated rings. The molecule has 0 bridgehead atoms. The molecule has 0 aromatic carbocycles. The third-order valence-electron chi connectivity index (χ3n) is 3.77. The Bertz CT molecular complexity index is 390. The van der Waals surface area contributed by atoms with Crippen LogP contribution in [0.25, 0.3) is 0 Å². The minimum Gasteiger partial charge on any atom is -0.381 e. The molecule has 18 heavy (non-hydrogen) atoms. The summed E-state index contributed by atoms with van der Waals surface area (Å²) in [6.07, 6.45) is 2.78. The lowest BCUT2D eigenvalue weighted by atomic mass is 9.96. The number of hydrogen-bond acceptors (Lipinski definition) is 6. The average molecular weight is 253 g/mol. The Morgan fingerprint density at radius 2 is 1.83 bits per heavy atom. The number of hydrogen-bond donors (Lipinski definition) is 1. The molecule has 2 aliphatic rings. The normalized spacial score (nSPS) is 30.5. The largest absolute Gasteiger partial charge is 0.381 e. The Labute approximate surface area is 106 Å². The minimum absolute atomic E-state index is 0.0415. The monoisotopic (exact) mass is 253 g/mol. The van der Waals surface area contributed by atoms with Gasteiger partial charge in [-0.2, -0.15) is 4.98 Å². The summed E-state index contributed by atoms with van der Waals surface area (Å²) in [5.74, 6) is 1.83. The molecule has 6 heteroatoms. The molecular weight excluding hydrogens is 234 g/mol. The second-order valence-electron chi connectivity index (χ2n) is 5.01. The summed E-state index contributed by atoms with van der Waals surface area (Å²) in [7, 11) is 0. The number of nitrogens with zero attached hydrogens (tertiary/aromatic N) is 2. The molecule has 0 spiro atoms. The molecular formula is C12H19N3O3. The van der Waals surface area contributed by atoms with Gasteiger partial charge >= 0.3 is 0 Å². The average Bonchev–Trinajstić information content (AvgIpc) is 2.90. The molecule has 2 unspecified atom stereocenters. The quantitative estimate of drug-likeness (QED) is 0.839. The molecule has 1 aromatic rings. The molecule has 0 saturated carbocycles. The first kappa shape index (κ1) is 12.1. The summed E-state index contributed by atoms with van der Waals surface area (Å²) in [6.45, 7) is 2.86. The molecule has 0 aliphatic carbocycles. The number of rotatable bonds is 2. The van der Waals surface area contributed by atoms with E-state index in [-0.39, 0.29) is 12.0 Å². The molecule has 0 amide bonds. The van der Waals surface area contributed by atoms with Crippen LogP contribution in [0.15, 0.2) is 4.52 Å². The van der Waals surface area contributed by atoms with Gasteiger partial charge in [-0.05, 0) is 19.3 Å². The van der Waals surface area contributed by atoms with Crippen molar-refractivity contribution in [2.75, 3.05) is 26.4 Å². The van der Waals surface area contributed by atoms with Gasteiger partial charge in [0.2, 0.25) is 5.89 Å². The van der Waals surface area contributed by atoms with E-state index >= 15 is 0 Å². The zero-order valence-electron chi connectivity index (χ0n) is 10.4. The van der Waals surface area contributed by atoms with Crippen molar-refractivity contribution in [1.82, 2.24) is 10.1 Å². The topological polar surface area (TPSA) is 83.4 Å². The molecule has 2 aliphatic heterocycles. The van der Waals surface area contributed by atoms with Crippen LogP contribution < -0.4 is 5.73 Å². The van der Waals surface area contributed by atoms with Gasteiger partial charge in [-0.15, -0.1) is 0 Å². The van der Waals surface area contributed by atoms with Gasteiger partial charge in [0.1, 0.15) is 0 Å². The molecule has 2 atom stereocenters. The summed E-state index contributed by atoms with van der Waals surface area (Å²) in [4.78, 5) is 4.51. The first-order valence-corrected chi connectivity index (χ1v) is 6.59. The maximum absolute atomic E-state index is 6.07. The summed E-state index contributed by atoms with van der Waals surface area (Å²) in [5.41, 5.74) is 6.07. The first-order valence-electron chi connectivity index (χ1n) is 6.59. The van der Waals surface area contributed by atoms with Crippen molar-refractivity contribution in [2.24, 2.45) is 5.73 Å². The van der Waals surface area contributed by atoms with Crippen molar-refractivity contribution in [3.63, 3.8) is 0 Å². The van der Waals surface area contributed by atoms with Crippen molar-refractivity contribution in [2.45, 2.75) is 37.1 Å². The van der Waals surface area contributed by atoms with Gasteiger partial charge in [-0.25, -0.2) is 0 Å². The highest BCUT2D eigenvalue weighted by Gasteiger charge is 2.30. The van der Waals surface area contributed by atoms with E-state index in [1.54, 1.807) is 0 Å². The van der Waals surface area contributed by atoms with Crippen LogP contribution in [0, 0.1) is 0 Å². The zero-order valence-corrected chi connectivity index (χ0v) is 10.4. The predicted molar refractivity (Wildman–Crippen MR) is 63.2 cm³/mol. The van der Waals surface area contributed by atoms with Gasteiger partial charge in [-0.3, -0.25) is 0 Å². The Morgan fingerprint density at radius 1 is 1.06 bits per heavy atom. The van der Waals surface area contributed by atoms with Crippen molar-refractivity contribution in [3.8, 4) is 0 Å². The molecule has 3 heterocycles. The van der Waals surface area contributed by atoms with E-state index < -0.39 is 0 Å². The van der Waals surface area contributed by atoms with Crippen LogP contribution in [-0.2, 0) is 9.47 Å². The molecule has 2 N–H and O–H groups in total. The van der Waals surface area contributed by atoms with Gasteiger partial charge in [0.05, 0.1) is 12.5 Å². The van der Waals surface area contributed by atoms with E-state index in [9.17, 15) is 0 Å². The molecule has 6 nitrogen and oxygen atoms in total. The minimum atomic E-state index is 0.0415. The van der Waals surface area contributed by atoms with Crippen molar-refractivity contribution >= 4 is 0 Å². The first-order chi connectivity index (χ1) is 8.84. The highest BCUT2D eigenvalue weighted by molar-refractivity contribution is 5.03. The fourth-order valence-electron chi connectivity index (χ4n) is 2.53. The van der Waals surface area contributed by atoms with Crippen LogP contribution in [0.5, 0.6) is 0 Å². The lowest BCUT2D eigenvalue weighted by molar-refractivity contribution is 0.0590. The Balaban J connectivity index is 1.71. The van der Waals surface area contributed by atoms with E-state index in [2.05, 4.69) is 10.1 Å². The fourth-order valence-corrected chi connectivity index (χ4v) is 2.53. The van der Waals surface area contributed by atoms with Crippen LogP contribution in [0.3, 0.4) is 0 Å². The molecule has 2 saturated heterocycles. The third-order valence-corrected chi connectivity index (χ3v) is 3.77. The molecule has 0 radical (unpaired) electrons. The highest BCUT2D eigenvalue weighted by atomic mass is 16.5. The Morgan fingerprint density at radius 3 is 2.61 bits per heavy atom. The van der Waals surface area contributed by atoms with Gasteiger partial charge in [0.15, 0.2) is 5.82 Å². The van der Waals surface area contributed by atoms with Gasteiger partial charge in [-0.1, -0.05) is 5.16 Å². The van der Waals surface area contributed by atoms with Crippen molar-refractivity contribution in [3.05, 3.63) is 11.7 Å². The van der Waals surface area contributed by atoms with E-state index in [1.165, 1.54) is 0 Å². The molecule has 1 aromatic heterocycles. The second-order valence-corrected chi connectivity index (χ2v) is 5.01. The van der Waals surface area contributed by atoms with Gasteiger partial charge < -0.3 is 19.7 Å². The molecule has 3 rings (SSSR count). The van der Waals surface area contributed by atoms with E-state index in [1.807, 2.05) is 0 Å². The lowest BCUT2D eigenvalue weighted by Gasteiger charge is -2.25. The summed E-state index contributed by atoms with van der Waals surface area (Å²) in [6, 6.07) is 0.0572. The maximum atomic E-state index is 6.07. The van der Waals surface area contributed by atoms with Crippen LogP contribution in [-0.4, -0.2) is 42.6 Å². The Hall–Kier alpha value is -0.980. The third kappa shape index (κ3) is 2.41. The summed E-state index contributed by atoms with van der Waals surface area (Å²) >= 11 is 0. The number of aromatic nitrogens is 2.